The second kappa shape index (κ2) is 9.30. The van der Waals surface area contributed by atoms with Crippen LogP contribution >= 0.6 is 11.3 Å². The van der Waals surface area contributed by atoms with E-state index in [-0.39, 0.29) is 18.4 Å². The van der Waals surface area contributed by atoms with Crippen molar-refractivity contribution in [2.24, 2.45) is 0 Å². The predicted octanol–water partition coefficient (Wildman–Crippen LogP) is 3.85. The molecule has 2 aromatic rings. The Hall–Kier alpha value is -2.87. The molecule has 8 heteroatoms. The van der Waals surface area contributed by atoms with E-state index in [4.69, 9.17) is 9.47 Å². The lowest BCUT2D eigenvalue weighted by Crippen LogP contribution is -2.36. The number of ether oxygens (including phenoxy) is 2. The fourth-order valence-electron chi connectivity index (χ4n) is 3.45. The standard InChI is InChI=1S/C22H26N2O5S/c1-5-29-22(27)24-9-8-16-17(12-24)30-20(19(16)21(26)28-4)23-18(25)11-15-7-6-13(2)14(3)10-15/h6-7,10H,5,8-9,11-12H2,1-4H3,(H,23,25). The van der Waals surface area contributed by atoms with Crippen molar-refractivity contribution in [3.63, 3.8) is 0 Å². The quantitative estimate of drug-likeness (QED) is 0.729. The van der Waals surface area contributed by atoms with Gasteiger partial charge in [0.15, 0.2) is 0 Å². The monoisotopic (exact) mass is 430 g/mol. The van der Waals surface area contributed by atoms with Crippen molar-refractivity contribution in [2.75, 3.05) is 25.6 Å². The van der Waals surface area contributed by atoms with E-state index in [0.29, 0.717) is 36.7 Å². The van der Waals surface area contributed by atoms with E-state index >= 15 is 0 Å². The molecule has 1 aliphatic heterocycles. The maximum Gasteiger partial charge on any atom is 0.410 e. The number of fused-ring (bicyclic) bond motifs is 1. The lowest BCUT2D eigenvalue weighted by atomic mass is 10.0. The molecule has 0 bridgehead atoms. The van der Waals surface area contributed by atoms with Gasteiger partial charge in [-0.1, -0.05) is 18.2 Å². The van der Waals surface area contributed by atoms with Crippen LogP contribution in [0.2, 0.25) is 0 Å². The molecule has 30 heavy (non-hydrogen) atoms. The third kappa shape index (κ3) is 4.64. The minimum atomic E-state index is -0.487. The highest BCUT2D eigenvalue weighted by atomic mass is 32.1. The summed E-state index contributed by atoms with van der Waals surface area (Å²) in [6.45, 7) is 6.89. The van der Waals surface area contributed by atoms with Crippen molar-refractivity contribution >= 4 is 34.3 Å². The van der Waals surface area contributed by atoms with Crippen LogP contribution in [0, 0.1) is 13.8 Å². The van der Waals surface area contributed by atoms with E-state index in [1.54, 1.807) is 11.8 Å². The third-order valence-corrected chi connectivity index (χ3v) is 6.29. The van der Waals surface area contributed by atoms with Crippen LogP contribution in [0.1, 0.15) is 44.4 Å². The zero-order valence-electron chi connectivity index (χ0n) is 17.7. The molecule has 1 N–H and O–H groups in total. The van der Waals surface area contributed by atoms with Gasteiger partial charge in [0, 0.05) is 11.4 Å². The molecule has 3 rings (SSSR count). The van der Waals surface area contributed by atoms with Crippen molar-refractivity contribution in [1.82, 2.24) is 4.90 Å². The minimum Gasteiger partial charge on any atom is -0.465 e. The number of nitrogens with one attached hydrogen (secondary N) is 1. The van der Waals surface area contributed by atoms with Gasteiger partial charge in [0.1, 0.15) is 5.00 Å². The Kier molecular flexibility index (Phi) is 6.77. The fourth-order valence-corrected chi connectivity index (χ4v) is 4.72. The number of aryl methyl sites for hydroxylation is 2. The van der Waals surface area contributed by atoms with E-state index in [1.165, 1.54) is 24.0 Å². The molecule has 1 aromatic heterocycles. The Balaban J connectivity index is 1.82. The Morgan fingerprint density at radius 2 is 1.97 bits per heavy atom. The van der Waals surface area contributed by atoms with Crippen LogP contribution in [-0.4, -0.2) is 43.1 Å². The van der Waals surface area contributed by atoms with Gasteiger partial charge in [0.2, 0.25) is 5.91 Å². The minimum absolute atomic E-state index is 0.204. The maximum atomic E-state index is 12.7. The van der Waals surface area contributed by atoms with E-state index in [2.05, 4.69) is 5.32 Å². The Morgan fingerprint density at radius 3 is 2.63 bits per heavy atom. The normalized spacial score (nSPS) is 12.9. The van der Waals surface area contributed by atoms with Crippen LogP contribution < -0.4 is 5.32 Å². The molecule has 2 heterocycles. The van der Waals surface area contributed by atoms with E-state index in [1.807, 2.05) is 32.0 Å². The summed E-state index contributed by atoms with van der Waals surface area (Å²) in [6.07, 6.45) is 0.331. The van der Waals surface area contributed by atoms with Crippen LogP contribution in [-0.2, 0) is 33.7 Å². The number of methoxy groups -OCH3 is 1. The van der Waals surface area contributed by atoms with Crippen LogP contribution in [0.4, 0.5) is 9.80 Å². The summed E-state index contributed by atoms with van der Waals surface area (Å²) in [5.41, 5.74) is 4.42. The summed E-state index contributed by atoms with van der Waals surface area (Å²) in [6, 6.07) is 5.91. The van der Waals surface area contributed by atoms with Crippen LogP contribution in [0.25, 0.3) is 0 Å². The van der Waals surface area contributed by atoms with Crippen molar-refractivity contribution in [3.8, 4) is 0 Å². The second-order valence-electron chi connectivity index (χ2n) is 7.21. The highest BCUT2D eigenvalue weighted by Crippen LogP contribution is 2.37. The van der Waals surface area contributed by atoms with E-state index in [0.717, 1.165) is 21.6 Å². The maximum absolute atomic E-state index is 12.7. The number of esters is 1. The van der Waals surface area contributed by atoms with Gasteiger partial charge in [-0.05, 0) is 49.4 Å². The van der Waals surface area contributed by atoms with Gasteiger partial charge in [-0.3, -0.25) is 4.79 Å². The first-order chi connectivity index (χ1) is 14.3. The van der Waals surface area contributed by atoms with Crippen molar-refractivity contribution in [3.05, 3.63) is 50.9 Å². The fraction of sp³-hybridized carbons (Fsp3) is 0.409. The molecular formula is C22H26N2O5S. The van der Waals surface area contributed by atoms with Gasteiger partial charge in [-0.15, -0.1) is 11.3 Å². The summed E-state index contributed by atoms with van der Waals surface area (Å²) in [7, 11) is 1.32. The number of hydrogen-bond acceptors (Lipinski definition) is 6. The van der Waals surface area contributed by atoms with Gasteiger partial charge < -0.3 is 19.7 Å². The second-order valence-corrected chi connectivity index (χ2v) is 8.32. The highest BCUT2D eigenvalue weighted by molar-refractivity contribution is 7.17. The van der Waals surface area contributed by atoms with Gasteiger partial charge >= 0.3 is 12.1 Å². The van der Waals surface area contributed by atoms with Crippen molar-refractivity contribution < 1.29 is 23.9 Å². The molecule has 0 saturated carbocycles. The van der Waals surface area contributed by atoms with Gasteiger partial charge in [-0.25, -0.2) is 9.59 Å². The average Bonchev–Trinajstić information content (AvgIpc) is 3.07. The molecule has 1 aliphatic rings. The average molecular weight is 431 g/mol. The molecule has 0 spiro atoms. The molecule has 0 saturated heterocycles. The lowest BCUT2D eigenvalue weighted by molar-refractivity contribution is -0.115. The van der Waals surface area contributed by atoms with E-state index < -0.39 is 5.97 Å². The first-order valence-electron chi connectivity index (χ1n) is 9.84. The zero-order valence-corrected chi connectivity index (χ0v) is 18.5. The number of anilines is 1. The number of rotatable bonds is 5. The number of nitrogens with zero attached hydrogens (tertiary/aromatic N) is 1. The summed E-state index contributed by atoms with van der Waals surface area (Å²) < 4.78 is 10.0. The molecule has 2 amide bonds. The van der Waals surface area contributed by atoms with Crippen molar-refractivity contribution in [2.45, 2.75) is 40.2 Å². The summed E-state index contributed by atoms with van der Waals surface area (Å²) in [5.74, 6) is -0.692. The predicted molar refractivity (Wildman–Crippen MR) is 115 cm³/mol. The van der Waals surface area contributed by atoms with Gasteiger partial charge in [0.05, 0.1) is 32.2 Å². The topological polar surface area (TPSA) is 84.9 Å². The highest BCUT2D eigenvalue weighted by Gasteiger charge is 2.31. The smallest absolute Gasteiger partial charge is 0.410 e. The lowest BCUT2D eigenvalue weighted by Gasteiger charge is -2.26. The number of carbonyl (C=O) groups excluding carboxylic acids is 3. The Labute approximate surface area is 180 Å². The van der Waals surface area contributed by atoms with Gasteiger partial charge in [0.25, 0.3) is 0 Å². The number of amides is 2. The first kappa shape index (κ1) is 21.8. The molecule has 1 aromatic carbocycles. The van der Waals surface area contributed by atoms with Crippen LogP contribution in [0.15, 0.2) is 18.2 Å². The van der Waals surface area contributed by atoms with Gasteiger partial charge in [-0.2, -0.15) is 0 Å². The summed E-state index contributed by atoms with van der Waals surface area (Å²) >= 11 is 1.31. The summed E-state index contributed by atoms with van der Waals surface area (Å²) in [4.78, 5) is 39.6. The third-order valence-electron chi connectivity index (χ3n) is 5.16. The molecule has 0 unspecified atom stereocenters. The Morgan fingerprint density at radius 1 is 1.20 bits per heavy atom. The molecule has 7 nitrogen and oxygen atoms in total. The molecule has 0 aliphatic carbocycles. The number of benzene rings is 1. The van der Waals surface area contributed by atoms with Crippen LogP contribution in [0.5, 0.6) is 0 Å². The van der Waals surface area contributed by atoms with Crippen LogP contribution in [0.3, 0.4) is 0 Å². The zero-order chi connectivity index (χ0) is 21.8. The Bertz CT molecular complexity index is 982. The number of carbonyl (C=O) groups is 3. The number of hydrogen-bond donors (Lipinski definition) is 1. The largest absolute Gasteiger partial charge is 0.465 e. The molecule has 0 radical (unpaired) electrons. The molecular weight excluding hydrogens is 404 g/mol. The summed E-state index contributed by atoms with van der Waals surface area (Å²) in [5, 5.41) is 3.34. The molecule has 0 fully saturated rings. The number of thiophene rings is 1. The van der Waals surface area contributed by atoms with E-state index in [9.17, 15) is 14.4 Å². The van der Waals surface area contributed by atoms with Crippen molar-refractivity contribution in [1.29, 1.82) is 0 Å². The molecule has 160 valence electrons. The first-order valence-corrected chi connectivity index (χ1v) is 10.7. The molecule has 0 atom stereocenters. The SMILES string of the molecule is CCOC(=O)N1CCc2c(sc(NC(=O)Cc3ccc(C)c(C)c3)c2C(=O)OC)C1.